The van der Waals surface area contributed by atoms with Crippen LogP contribution in [0.4, 0.5) is 10.1 Å². The molecule has 1 aromatic carbocycles. The molecule has 0 bridgehead atoms. The van der Waals surface area contributed by atoms with Crippen LogP contribution in [-0.4, -0.2) is 24.8 Å². The first-order valence-corrected chi connectivity index (χ1v) is 6.77. The number of para-hydroxylation sites is 1. The van der Waals surface area contributed by atoms with Gasteiger partial charge in [-0.3, -0.25) is 0 Å². The monoisotopic (exact) mass is 266 g/mol. The second-order valence-electron chi connectivity index (χ2n) is 6.04. The van der Waals surface area contributed by atoms with Crippen molar-refractivity contribution in [3.05, 3.63) is 29.6 Å². The van der Waals surface area contributed by atoms with Crippen molar-refractivity contribution in [2.75, 3.05) is 18.0 Å². The van der Waals surface area contributed by atoms with Gasteiger partial charge in [0.05, 0.1) is 17.4 Å². The van der Waals surface area contributed by atoms with Crippen LogP contribution in [-0.2, 0) is 4.74 Å². The Labute approximate surface area is 114 Å². The number of nitrogens with zero attached hydrogens (tertiary/aromatic N) is 1. The van der Waals surface area contributed by atoms with Gasteiger partial charge in [0, 0.05) is 19.1 Å². The lowest BCUT2D eigenvalue weighted by molar-refractivity contribution is -0.0751. The Morgan fingerprint density at radius 3 is 2.74 bits per heavy atom. The van der Waals surface area contributed by atoms with Crippen LogP contribution in [0.25, 0.3) is 0 Å². The minimum Gasteiger partial charge on any atom is -0.369 e. The van der Waals surface area contributed by atoms with E-state index in [0.717, 1.165) is 5.56 Å². The van der Waals surface area contributed by atoms with Gasteiger partial charge >= 0.3 is 0 Å². The number of rotatable bonds is 2. The molecule has 4 heteroatoms. The largest absolute Gasteiger partial charge is 0.369 e. The van der Waals surface area contributed by atoms with E-state index in [1.807, 2.05) is 33.8 Å². The Morgan fingerprint density at radius 1 is 1.47 bits per heavy atom. The summed E-state index contributed by atoms with van der Waals surface area (Å²) in [5.74, 6) is -0.209. The lowest BCUT2D eigenvalue weighted by Crippen LogP contribution is -2.52. The Kier molecular flexibility index (Phi) is 3.83. The molecule has 2 N–H and O–H groups in total. The Morgan fingerprint density at radius 2 is 2.16 bits per heavy atom. The predicted molar refractivity (Wildman–Crippen MR) is 75.8 cm³/mol. The van der Waals surface area contributed by atoms with Gasteiger partial charge in [-0.05, 0) is 39.3 Å². The molecule has 0 aromatic heterocycles. The molecule has 0 spiro atoms. The number of morpholine rings is 1. The smallest absolute Gasteiger partial charge is 0.146 e. The first-order chi connectivity index (χ1) is 8.80. The topological polar surface area (TPSA) is 38.5 Å². The molecule has 3 nitrogen and oxygen atoms in total. The minimum atomic E-state index is -0.283. The normalized spacial score (nSPS) is 24.3. The van der Waals surface area contributed by atoms with Crippen LogP contribution in [0.15, 0.2) is 18.2 Å². The summed E-state index contributed by atoms with van der Waals surface area (Å²) in [5, 5.41) is 0. The molecule has 0 radical (unpaired) electrons. The first kappa shape index (κ1) is 14.3. The summed E-state index contributed by atoms with van der Waals surface area (Å²) < 4.78 is 20.1. The SMILES string of the molecule is CC1CN(c2c(F)cccc2[C@H](C)N)CC(C)(C)O1. The van der Waals surface area contributed by atoms with E-state index in [0.29, 0.717) is 18.8 Å². The van der Waals surface area contributed by atoms with Crippen molar-refractivity contribution in [1.29, 1.82) is 0 Å². The molecule has 0 amide bonds. The average Bonchev–Trinajstić information content (AvgIpc) is 2.25. The molecule has 2 rings (SSSR count). The predicted octanol–water partition coefficient (Wildman–Crippen LogP) is 2.85. The summed E-state index contributed by atoms with van der Waals surface area (Å²) in [6.07, 6.45) is 0.0734. The van der Waals surface area contributed by atoms with Gasteiger partial charge in [0.1, 0.15) is 5.82 Å². The first-order valence-electron chi connectivity index (χ1n) is 6.77. The van der Waals surface area contributed by atoms with Crippen molar-refractivity contribution >= 4 is 5.69 Å². The molecule has 19 heavy (non-hydrogen) atoms. The average molecular weight is 266 g/mol. The Bertz CT molecular complexity index is 459. The Balaban J connectivity index is 2.41. The van der Waals surface area contributed by atoms with Gasteiger partial charge in [0.15, 0.2) is 0 Å². The molecule has 2 atom stereocenters. The molecule has 1 fully saturated rings. The van der Waals surface area contributed by atoms with Crippen molar-refractivity contribution in [2.45, 2.75) is 45.4 Å². The number of hydrogen-bond acceptors (Lipinski definition) is 3. The zero-order valence-corrected chi connectivity index (χ0v) is 12.1. The van der Waals surface area contributed by atoms with E-state index in [-0.39, 0.29) is 23.6 Å². The number of benzene rings is 1. The van der Waals surface area contributed by atoms with E-state index < -0.39 is 0 Å². The van der Waals surface area contributed by atoms with Crippen LogP contribution in [0.2, 0.25) is 0 Å². The molecule has 1 saturated heterocycles. The third-order valence-corrected chi connectivity index (χ3v) is 3.39. The number of ether oxygens (including phenoxy) is 1. The summed E-state index contributed by atoms with van der Waals surface area (Å²) in [7, 11) is 0. The van der Waals surface area contributed by atoms with Gasteiger partial charge in [-0.2, -0.15) is 0 Å². The highest BCUT2D eigenvalue weighted by Crippen LogP contribution is 2.32. The zero-order valence-electron chi connectivity index (χ0n) is 12.1. The standard InChI is InChI=1S/C15H23FN2O/c1-10-8-18(9-15(3,4)19-10)14-12(11(2)17)6-5-7-13(14)16/h5-7,10-11H,8-9,17H2,1-4H3/t10?,11-/m0/s1. The highest BCUT2D eigenvalue weighted by atomic mass is 19.1. The fraction of sp³-hybridized carbons (Fsp3) is 0.600. The molecule has 0 aliphatic carbocycles. The maximum Gasteiger partial charge on any atom is 0.146 e. The van der Waals surface area contributed by atoms with Crippen LogP contribution in [0.1, 0.15) is 39.3 Å². The molecule has 1 aliphatic rings. The maximum absolute atomic E-state index is 14.2. The van der Waals surface area contributed by atoms with Gasteiger partial charge in [0.2, 0.25) is 0 Å². The number of nitrogens with two attached hydrogens (primary N) is 1. The number of halogens is 1. The van der Waals surface area contributed by atoms with Crippen LogP contribution in [0.5, 0.6) is 0 Å². The molecule has 1 heterocycles. The molecular weight excluding hydrogens is 243 g/mol. The van der Waals surface area contributed by atoms with Gasteiger partial charge < -0.3 is 15.4 Å². The molecule has 1 aliphatic heterocycles. The fourth-order valence-corrected chi connectivity index (χ4v) is 2.86. The number of anilines is 1. The highest BCUT2D eigenvalue weighted by Gasteiger charge is 2.33. The second kappa shape index (κ2) is 5.10. The summed E-state index contributed by atoms with van der Waals surface area (Å²) >= 11 is 0. The van der Waals surface area contributed by atoms with Gasteiger partial charge in [-0.25, -0.2) is 4.39 Å². The molecular formula is C15H23FN2O. The van der Waals surface area contributed by atoms with E-state index in [1.54, 1.807) is 6.07 Å². The van der Waals surface area contributed by atoms with E-state index >= 15 is 0 Å². The van der Waals surface area contributed by atoms with Crippen molar-refractivity contribution in [3.63, 3.8) is 0 Å². The lowest BCUT2D eigenvalue weighted by Gasteiger charge is -2.43. The van der Waals surface area contributed by atoms with Crippen LogP contribution >= 0.6 is 0 Å². The van der Waals surface area contributed by atoms with Crippen molar-refractivity contribution < 1.29 is 9.13 Å². The third kappa shape index (κ3) is 3.07. The third-order valence-electron chi connectivity index (χ3n) is 3.39. The van der Waals surface area contributed by atoms with Crippen molar-refractivity contribution in [1.82, 2.24) is 0 Å². The number of hydrogen-bond donors (Lipinski definition) is 1. The van der Waals surface area contributed by atoms with E-state index in [2.05, 4.69) is 4.90 Å². The van der Waals surface area contributed by atoms with E-state index in [9.17, 15) is 4.39 Å². The molecule has 1 aromatic rings. The second-order valence-corrected chi connectivity index (χ2v) is 6.04. The van der Waals surface area contributed by atoms with Crippen molar-refractivity contribution in [2.24, 2.45) is 5.73 Å². The highest BCUT2D eigenvalue weighted by molar-refractivity contribution is 5.56. The Hall–Kier alpha value is -1.13. The molecule has 106 valence electrons. The van der Waals surface area contributed by atoms with Gasteiger partial charge in [0.25, 0.3) is 0 Å². The fourth-order valence-electron chi connectivity index (χ4n) is 2.86. The summed E-state index contributed by atoms with van der Waals surface area (Å²) in [4.78, 5) is 2.06. The lowest BCUT2D eigenvalue weighted by atomic mass is 10.0. The summed E-state index contributed by atoms with van der Waals surface area (Å²) in [6, 6.07) is 4.92. The van der Waals surface area contributed by atoms with Crippen molar-refractivity contribution in [3.8, 4) is 0 Å². The van der Waals surface area contributed by atoms with Gasteiger partial charge in [-0.15, -0.1) is 0 Å². The summed E-state index contributed by atoms with van der Waals surface area (Å²) in [6.45, 7) is 9.31. The van der Waals surface area contributed by atoms with Gasteiger partial charge in [-0.1, -0.05) is 12.1 Å². The van der Waals surface area contributed by atoms with E-state index in [1.165, 1.54) is 6.07 Å². The minimum absolute atomic E-state index is 0.0734. The van der Waals surface area contributed by atoms with Crippen LogP contribution in [0.3, 0.4) is 0 Å². The summed E-state index contributed by atoms with van der Waals surface area (Å²) in [5.41, 5.74) is 7.16. The maximum atomic E-state index is 14.2. The van der Waals surface area contributed by atoms with Crippen LogP contribution < -0.4 is 10.6 Å². The van der Waals surface area contributed by atoms with Crippen LogP contribution in [0, 0.1) is 5.82 Å². The molecule has 1 unspecified atom stereocenters. The quantitative estimate of drug-likeness (QED) is 0.894. The molecule has 0 saturated carbocycles. The zero-order chi connectivity index (χ0) is 14.2. The van der Waals surface area contributed by atoms with E-state index in [4.69, 9.17) is 10.5 Å².